The number of aromatic nitrogens is 2. The highest BCUT2D eigenvalue weighted by atomic mass is 32.1. The quantitative estimate of drug-likeness (QED) is 0.371. The molecule has 0 fully saturated rings. The molecule has 0 bridgehead atoms. The van der Waals surface area contributed by atoms with Crippen LogP contribution in [0.4, 0.5) is 5.82 Å². The molecule has 4 aromatic rings. The number of carboxylic acids is 1. The Morgan fingerprint density at radius 1 is 1.03 bits per heavy atom. The molecule has 33 heavy (non-hydrogen) atoms. The number of hydrogen-bond donors (Lipinski definition) is 2. The maximum absolute atomic E-state index is 11.8. The van der Waals surface area contributed by atoms with Gasteiger partial charge in [0.1, 0.15) is 10.8 Å². The Labute approximate surface area is 196 Å². The summed E-state index contributed by atoms with van der Waals surface area (Å²) in [4.78, 5) is 33.4. The predicted octanol–water partition coefficient (Wildman–Crippen LogP) is 5.99. The van der Waals surface area contributed by atoms with Crippen LogP contribution in [0.25, 0.3) is 21.7 Å². The van der Waals surface area contributed by atoms with Gasteiger partial charge < -0.3 is 10.4 Å². The molecule has 1 unspecified atom stereocenters. The van der Waals surface area contributed by atoms with E-state index in [9.17, 15) is 14.7 Å². The SMILES string of the molecule is CC(=O)Nc1cc(-c2sc(C(C)c3ccccc3C(=O)O)nc2-c2cccc(C)c2)ccn1. The smallest absolute Gasteiger partial charge is 0.335 e. The van der Waals surface area contributed by atoms with Crippen LogP contribution >= 0.6 is 11.3 Å². The highest BCUT2D eigenvalue weighted by molar-refractivity contribution is 7.15. The lowest BCUT2D eigenvalue weighted by Gasteiger charge is -2.11. The molecule has 2 aromatic heterocycles. The first-order chi connectivity index (χ1) is 15.8. The second kappa shape index (κ2) is 9.34. The van der Waals surface area contributed by atoms with Gasteiger partial charge in [-0.15, -0.1) is 11.3 Å². The Kier molecular flexibility index (Phi) is 6.33. The maximum Gasteiger partial charge on any atom is 0.335 e. The van der Waals surface area contributed by atoms with Crippen LogP contribution < -0.4 is 5.32 Å². The molecule has 0 aliphatic rings. The summed E-state index contributed by atoms with van der Waals surface area (Å²) in [6.45, 7) is 5.45. The molecular weight excluding hydrogens is 434 g/mol. The van der Waals surface area contributed by atoms with Crippen molar-refractivity contribution in [1.82, 2.24) is 9.97 Å². The van der Waals surface area contributed by atoms with E-state index in [-0.39, 0.29) is 17.4 Å². The summed E-state index contributed by atoms with van der Waals surface area (Å²) in [5.74, 6) is -0.893. The number of aromatic carboxylic acids is 1. The van der Waals surface area contributed by atoms with Gasteiger partial charge in [-0.25, -0.2) is 14.8 Å². The van der Waals surface area contributed by atoms with Crippen LogP contribution in [0, 0.1) is 6.92 Å². The average molecular weight is 458 g/mol. The molecular formula is C26H23N3O3S. The molecule has 7 heteroatoms. The van der Waals surface area contributed by atoms with E-state index in [1.165, 1.54) is 18.3 Å². The Morgan fingerprint density at radius 2 is 1.82 bits per heavy atom. The zero-order valence-corrected chi connectivity index (χ0v) is 19.3. The summed E-state index contributed by atoms with van der Waals surface area (Å²) in [5.41, 5.74) is 4.78. The molecule has 0 saturated carbocycles. The monoisotopic (exact) mass is 457 g/mol. The van der Waals surface area contributed by atoms with Crippen LogP contribution in [0.5, 0.6) is 0 Å². The number of aryl methyl sites for hydroxylation is 1. The fourth-order valence-corrected chi connectivity index (χ4v) is 4.88. The summed E-state index contributed by atoms with van der Waals surface area (Å²) < 4.78 is 0. The van der Waals surface area contributed by atoms with E-state index in [4.69, 9.17) is 4.98 Å². The van der Waals surface area contributed by atoms with Crippen LogP contribution in [0.15, 0.2) is 66.9 Å². The average Bonchev–Trinajstić information content (AvgIpc) is 3.24. The van der Waals surface area contributed by atoms with Crippen molar-refractivity contribution in [3.05, 3.63) is 88.6 Å². The van der Waals surface area contributed by atoms with Gasteiger partial charge in [-0.2, -0.15) is 0 Å². The normalized spacial score (nSPS) is 11.7. The molecule has 6 nitrogen and oxygen atoms in total. The van der Waals surface area contributed by atoms with E-state index < -0.39 is 5.97 Å². The van der Waals surface area contributed by atoms with Crippen LogP contribution in [0.3, 0.4) is 0 Å². The van der Waals surface area contributed by atoms with Gasteiger partial charge in [0.25, 0.3) is 0 Å². The zero-order chi connectivity index (χ0) is 23.5. The summed E-state index contributed by atoms with van der Waals surface area (Å²) in [5, 5.41) is 13.2. The fraction of sp³-hybridized carbons (Fsp3) is 0.154. The molecule has 0 aliphatic carbocycles. The molecule has 0 radical (unpaired) electrons. The number of nitrogens with zero attached hydrogens (tertiary/aromatic N) is 2. The van der Waals surface area contributed by atoms with Gasteiger partial charge in [0.2, 0.25) is 5.91 Å². The highest BCUT2D eigenvalue weighted by Gasteiger charge is 2.23. The van der Waals surface area contributed by atoms with Crippen molar-refractivity contribution in [2.75, 3.05) is 5.32 Å². The topological polar surface area (TPSA) is 92.2 Å². The van der Waals surface area contributed by atoms with E-state index in [2.05, 4.69) is 16.4 Å². The lowest BCUT2D eigenvalue weighted by molar-refractivity contribution is -0.114. The lowest BCUT2D eigenvalue weighted by Crippen LogP contribution is -2.07. The van der Waals surface area contributed by atoms with Gasteiger partial charge in [-0.3, -0.25) is 4.79 Å². The van der Waals surface area contributed by atoms with Gasteiger partial charge in [-0.05, 0) is 42.3 Å². The molecule has 0 aliphatic heterocycles. The van der Waals surface area contributed by atoms with Crippen LogP contribution in [0.2, 0.25) is 0 Å². The van der Waals surface area contributed by atoms with Crippen molar-refractivity contribution < 1.29 is 14.7 Å². The number of hydrogen-bond acceptors (Lipinski definition) is 5. The van der Waals surface area contributed by atoms with Crippen LogP contribution in [0.1, 0.15) is 46.3 Å². The minimum Gasteiger partial charge on any atom is -0.478 e. The van der Waals surface area contributed by atoms with Gasteiger partial charge in [-0.1, -0.05) is 48.9 Å². The molecule has 2 heterocycles. The first-order valence-electron chi connectivity index (χ1n) is 10.5. The summed E-state index contributed by atoms with van der Waals surface area (Å²) in [7, 11) is 0. The Hall–Kier alpha value is -3.84. The lowest BCUT2D eigenvalue weighted by atomic mass is 9.96. The summed E-state index contributed by atoms with van der Waals surface area (Å²) >= 11 is 1.52. The Bertz CT molecular complexity index is 1350. The van der Waals surface area contributed by atoms with Gasteiger partial charge in [0.05, 0.1) is 16.1 Å². The first-order valence-corrected chi connectivity index (χ1v) is 11.3. The number of nitrogens with one attached hydrogen (secondary N) is 1. The largest absolute Gasteiger partial charge is 0.478 e. The van der Waals surface area contributed by atoms with Crippen LogP contribution in [-0.4, -0.2) is 27.0 Å². The number of rotatable bonds is 6. The van der Waals surface area contributed by atoms with E-state index in [1.54, 1.807) is 18.3 Å². The number of thiazole rings is 1. The molecule has 2 aromatic carbocycles. The predicted molar refractivity (Wildman–Crippen MR) is 131 cm³/mol. The van der Waals surface area contributed by atoms with Gasteiger partial charge in [0, 0.05) is 24.6 Å². The van der Waals surface area contributed by atoms with E-state index in [0.29, 0.717) is 5.82 Å². The number of amides is 1. The standard InChI is InChI=1S/C26H23N3O3S/c1-15-7-6-8-18(13-15)23-24(19-11-12-27-22(14-19)28-17(3)30)33-25(29-23)16(2)20-9-4-5-10-21(20)26(31)32/h4-14,16H,1-3H3,(H,31,32)(H,27,28,30). The third-order valence-corrected chi connectivity index (χ3v) is 6.58. The van der Waals surface area contributed by atoms with Gasteiger partial charge >= 0.3 is 5.97 Å². The molecule has 2 N–H and O–H groups in total. The molecule has 1 atom stereocenters. The minimum atomic E-state index is -0.956. The highest BCUT2D eigenvalue weighted by Crippen LogP contribution is 2.41. The van der Waals surface area contributed by atoms with Crippen molar-refractivity contribution >= 4 is 29.0 Å². The number of pyridine rings is 1. The number of anilines is 1. The van der Waals surface area contributed by atoms with Crippen molar-refractivity contribution in [3.8, 4) is 21.7 Å². The van der Waals surface area contributed by atoms with Crippen molar-refractivity contribution in [3.63, 3.8) is 0 Å². The minimum absolute atomic E-state index is 0.192. The second-order valence-electron chi connectivity index (χ2n) is 7.82. The Morgan fingerprint density at radius 3 is 2.55 bits per heavy atom. The second-order valence-corrected chi connectivity index (χ2v) is 8.85. The van der Waals surface area contributed by atoms with Crippen molar-refractivity contribution in [1.29, 1.82) is 0 Å². The van der Waals surface area contributed by atoms with Crippen molar-refractivity contribution in [2.45, 2.75) is 26.7 Å². The van der Waals surface area contributed by atoms with E-state index >= 15 is 0 Å². The van der Waals surface area contributed by atoms with E-state index in [1.807, 2.05) is 56.3 Å². The number of benzene rings is 2. The van der Waals surface area contributed by atoms with Gasteiger partial charge in [0.15, 0.2) is 0 Å². The first kappa shape index (κ1) is 22.4. The number of carbonyl (C=O) groups excluding carboxylic acids is 1. The van der Waals surface area contributed by atoms with E-state index in [0.717, 1.165) is 37.8 Å². The summed E-state index contributed by atoms with van der Waals surface area (Å²) in [6, 6.07) is 18.9. The molecule has 0 saturated heterocycles. The molecule has 166 valence electrons. The summed E-state index contributed by atoms with van der Waals surface area (Å²) in [6.07, 6.45) is 1.66. The molecule has 0 spiro atoms. The van der Waals surface area contributed by atoms with Crippen molar-refractivity contribution in [2.24, 2.45) is 0 Å². The number of carboxylic acid groups (broad SMARTS) is 1. The molecule has 1 amide bonds. The zero-order valence-electron chi connectivity index (χ0n) is 18.5. The third kappa shape index (κ3) is 4.83. The van der Waals surface area contributed by atoms with Crippen LogP contribution in [-0.2, 0) is 4.79 Å². The third-order valence-electron chi connectivity index (χ3n) is 5.29. The number of carbonyl (C=O) groups is 2. The Balaban J connectivity index is 1.87. The molecule has 4 rings (SSSR count). The fourth-order valence-electron chi connectivity index (χ4n) is 3.73. The maximum atomic E-state index is 11.8.